The van der Waals surface area contributed by atoms with Crippen LogP contribution in [0.4, 0.5) is 23.2 Å². The Kier molecular flexibility index (Phi) is 5.93. The van der Waals surface area contributed by atoms with Crippen LogP contribution in [-0.2, 0) is 27.1 Å². The van der Waals surface area contributed by atoms with Gasteiger partial charge in [0.25, 0.3) is 5.91 Å². The predicted molar refractivity (Wildman–Crippen MR) is 122 cm³/mol. The number of piperazine rings is 1. The van der Waals surface area contributed by atoms with E-state index in [4.69, 9.17) is 5.26 Å². The molecular weight excluding hydrogens is 492 g/mol. The lowest BCUT2D eigenvalue weighted by atomic mass is 9.79. The summed E-state index contributed by atoms with van der Waals surface area (Å²) in [6.45, 7) is -0.789. The second-order valence-corrected chi connectivity index (χ2v) is 9.70. The molecule has 0 bridgehead atoms. The maximum Gasteiger partial charge on any atom is 0.416 e. The Morgan fingerprint density at radius 3 is 2.30 bits per heavy atom. The lowest BCUT2D eigenvalue weighted by Gasteiger charge is -2.58. The summed E-state index contributed by atoms with van der Waals surface area (Å²) in [5, 5.41) is 9.02. The van der Waals surface area contributed by atoms with Crippen molar-refractivity contribution < 1.29 is 31.9 Å². The average Bonchev–Trinajstić information content (AvgIpc) is 2.79. The van der Waals surface area contributed by atoms with Crippen LogP contribution >= 0.6 is 0 Å². The van der Waals surface area contributed by atoms with Crippen LogP contribution in [0.5, 0.6) is 0 Å². The minimum Gasteiger partial charge on any atom is -0.336 e. The minimum absolute atomic E-state index is 0.0524. The Balaban J connectivity index is 1.46. The molecule has 3 amide bonds. The van der Waals surface area contributed by atoms with Crippen molar-refractivity contribution in [1.29, 1.82) is 5.26 Å². The molecule has 0 N–H and O–H groups in total. The first kappa shape index (κ1) is 24.7. The first-order valence-corrected chi connectivity index (χ1v) is 11.8. The molecule has 5 rings (SSSR count). The van der Waals surface area contributed by atoms with Crippen LogP contribution in [0.2, 0.25) is 0 Å². The van der Waals surface area contributed by atoms with Crippen molar-refractivity contribution in [3.63, 3.8) is 0 Å². The lowest BCUT2D eigenvalue weighted by Crippen LogP contribution is -2.81. The van der Waals surface area contributed by atoms with Crippen molar-refractivity contribution in [2.45, 2.75) is 37.5 Å². The fourth-order valence-corrected chi connectivity index (χ4v) is 5.07. The van der Waals surface area contributed by atoms with E-state index in [1.165, 1.54) is 34.1 Å². The van der Waals surface area contributed by atoms with Gasteiger partial charge in [0.1, 0.15) is 12.4 Å². The SMILES string of the molecule is N#Cc1ccc(N2CC(=O)N(Cc3ccc(C(F)(F)F)cc3)C3(CN(C(=O)C4CCC4)C3)C2=O)c(F)c1. The molecule has 0 radical (unpaired) electrons. The number of carbonyl (C=O) groups is 3. The van der Waals surface area contributed by atoms with Crippen LogP contribution in [0.1, 0.15) is 36.0 Å². The van der Waals surface area contributed by atoms with Gasteiger partial charge in [0, 0.05) is 12.5 Å². The molecule has 2 saturated heterocycles. The average molecular weight is 514 g/mol. The molecule has 1 aliphatic carbocycles. The predicted octanol–water partition coefficient (Wildman–Crippen LogP) is 3.47. The molecule has 2 heterocycles. The number of nitrogens with zero attached hydrogens (tertiary/aromatic N) is 4. The van der Waals surface area contributed by atoms with E-state index < -0.39 is 41.5 Å². The number of hydrogen-bond donors (Lipinski definition) is 0. The van der Waals surface area contributed by atoms with Crippen LogP contribution in [0.25, 0.3) is 0 Å². The summed E-state index contributed by atoms with van der Waals surface area (Å²) in [5.74, 6) is -2.18. The number of alkyl halides is 3. The van der Waals surface area contributed by atoms with E-state index in [0.717, 1.165) is 42.4 Å². The monoisotopic (exact) mass is 514 g/mol. The van der Waals surface area contributed by atoms with E-state index >= 15 is 0 Å². The highest BCUT2D eigenvalue weighted by Crippen LogP contribution is 2.40. The van der Waals surface area contributed by atoms with Crippen molar-refractivity contribution in [3.05, 3.63) is 65.0 Å². The molecule has 1 saturated carbocycles. The molecule has 3 aliphatic rings. The number of rotatable bonds is 4. The molecule has 2 aromatic rings. The molecule has 0 aromatic heterocycles. The van der Waals surface area contributed by atoms with Crippen molar-refractivity contribution in [3.8, 4) is 6.07 Å². The molecule has 2 aromatic carbocycles. The van der Waals surface area contributed by atoms with Gasteiger partial charge in [-0.3, -0.25) is 19.3 Å². The maximum atomic E-state index is 14.8. The summed E-state index contributed by atoms with van der Waals surface area (Å²) < 4.78 is 53.8. The number of anilines is 1. The third kappa shape index (κ3) is 4.20. The molecule has 37 heavy (non-hydrogen) atoms. The van der Waals surface area contributed by atoms with E-state index in [-0.39, 0.29) is 42.7 Å². The Labute approximate surface area is 209 Å². The highest BCUT2D eigenvalue weighted by Gasteiger charge is 2.61. The summed E-state index contributed by atoms with van der Waals surface area (Å²) in [4.78, 5) is 43.8. The zero-order chi connectivity index (χ0) is 26.5. The van der Waals surface area contributed by atoms with Gasteiger partial charge >= 0.3 is 6.18 Å². The number of amides is 3. The van der Waals surface area contributed by atoms with Gasteiger partial charge in [-0.05, 0) is 48.7 Å². The summed E-state index contributed by atoms with van der Waals surface area (Å²) in [5.41, 5.74) is -2.03. The van der Waals surface area contributed by atoms with Crippen molar-refractivity contribution >= 4 is 23.4 Å². The van der Waals surface area contributed by atoms with Crippen LogP contribution in [0, 0.1) is 23.1 Å². The number of carbonyl (C=O) groups excluding carboxylic acids is 3. The number of hydrogen-bond acceptors (Lipinski definition) is 4. The molecule has 192 valence electrons. The first-order chi connectivity index (χ1) is 17.5. The third-order valence-electron chi connectivity index (χ3n) is 7.41. The zero-order valence-corrected chi connectivity index (χ0v) is 19.6. The van der Waals surface area contributed by atoms with Crippen LogP contribution in [-0.4, -0.2) is 52.7 Å². The second kappa shape index (κ2) is 8.87. The van der Waals surface area contributed by atoms with E-state index in [1.807, 2.05) is 6.07 Å². The highest BCUT2D eigenvalue weighted by atomic mass is 19.4. The Hall–Kier alpha value is -3.94. The molecule has 3 fully saturated rings. The zero-order valence-electron chi connectivity index (χ0n) is 19.6. The van der Waals surface area contributed by atoms with Gasteiger partial charge in [-0.15, -0.1) is 0 Å². The number of nitriles is 1. The molecule has 7 nitrogen and oxygen atoms in total. The molecule has 1 spiro atoms. The molecular formula is C26H22F4N4O3. The molecule has 11 heteroatoms. The second-order valence-electron chi connectivity index (χ2n) is 9.70. The maximum absolute atomic E-state index is 14.8. The Bertz CT molecular complexity index is 1310. The molecule has 0 atom stereocenters. The normalized spacial score (nSPS) is 19.5. The van der Waals surface area contributed by atoms with Gasteiger partial charge in [-0.1, -0.05) is 18.6 Å². The highest BCUT2D eigenvalue weighted by molar-refractivity contribution is 6.11. The fraction of sp³-hybridized carbons (Fsp3) is 0.385. The van der Waals surface area contributed by atoms with Crippen LogP contribution in [0.15, 0.2) is 42.5 Å². The summed E-state index contributed by atoms with van der Waals surface area (Å²) >= 11 is 0. The van der Waals surface area contributed by atoms with Gasteiger partial charge in [0.05, 0.1) is 36.0 Å². The van der Waals surface area contributed by atoms with E-state index in [9.17, 15) is 31.9 Å². The molecule has 2 aliphatic heterocycles. The standard InChI is InChI=1S/C26H22F4N4O3/c27-20-10-17(11-31)6-9-21(20)33-13-22(35)34(12-16-4-7-19(8-5-16)26(28,29)30)25(24(33)37)14-32(15-25)23(36)18-2-1-3-18/h4-10,18H,1-3,12-15H2. The van der Waals surface area contributed by atoms with Gasteiger partial charge in [-0.2, -0.15) is 18.4 Å². The smallest absolute Gasteiger partial charge is 0.336 e. The summed E-state index contributed by atoms with van der Waals surface area (Å²) in [6.07, 6.45) is -2.06. The first-order valence-electron chi connectivity index (χ1n) is 11.8. The van der Waals surface area contributed by atoms with Gasteiger partial charge in [0.2, 0.25) is 11.8 Å². The third-order valence-corrected chi connectivity index (χ3v) is 7.41. The molecule has 0 unspecified atom stereocenters. The van der Waals surface area contributed by atoms with Crippen LogP contribution < -0.4 is 4.90 Å². The van der Waals surface area contributed by atoms with Crippen molar-refractivity contribution in [1.82, 2.24) is 9.80 Å². The number of likely N-dealkylation sites (tertiary alicyclic amines) is 1. The van der Waals surface area contributed by atoms with Gasteiger partial charge in [0.15, 0.2) is 5.54 Å². The quantitative estimate of drug-likeness (QED) is 0.585. The summed E-state index contributed by atoms with van der Waals surface area (Å²) in [6, 6.07) is 9.69. The lowest BCUT2D eigenvalue weighted by molar-refractivity contribution is -0.172. The fourth-order valence-electron chi connectivity index (χ4n) is 5.07. The number of halogens is 4. The number of benzene rings is 2. The van der Waals surface area contributed by atoms with Crippen molar-refractivity contribution in [2.24, 2.45) is 5.92 Å². The topological polar surface area (TPSA) is 84.7 Å². The van der Waals surface area contributed by atoms with E-state index in [0.29, 0.717) is 5.56 Å². The Morgan fingerprint density at radius 2 is 1.76 bits per heavy atom. The van der Waals surface area contributed by atoms with Crippen LogP contribution in [0.3, 0.4) is 0 Å². The van der Waals surface area contributed by atoms with E-state index in [2.05, 4.69) is 0 Å². The Morgan fingerprint density at radius 1 is 1.08 bits per heavy atom. The minimum atomic E-state index is -4.52. The van der Waals surface area contributed by atoms with Crippen molar-refractivity contribution in [2.75, 3.05) is 24.5 Å². The summed E-state index contributed by atoms with van der Waals surface area (Å²) in [7, 11) is 0. The van der Waals surface area contributed by atoms with E-state index in [1.54, 1.807) is 0 Å². The van der Waals surface area contributed by atoms with Gasteiger partial charge < -0.3 is 9.80 Å². The largest absolute Gasteiger partial charge is 0.416 e. The van der Waals surface area contributed by atoms with Gasteiger partial charge in [-0.25, -0.2) is 4.39 Å².